The molecule has 0 saturated carbocycles. The zero-order valence-corrected chi connectivity index (χ0v) is 17.8. The molecule has 0 unspecified atom stereocenters. The molecule has 31 heavy (non-hydrogen) atoms. The monoisotopic (exact) mass is 444 g/mol. The van der Waals surface area contributed by atoms with Crippen molar-refractivity contribution in [2.24, 2.45) is 4.99 Å². The number of para-hydroxylation sites is 2. The summed E-state index contributed by atoms with van der Waals surface area (Å²) in [5.74, 6) is 1.20. The lowest BCUT2D eigenvalue weighted by molar-refractivity contribution is -0.143. The van der Waals surface area contributed by atoms with E-state index >= 15 is 0 Å². The van der Waals surface area contributed by atoms with E-state index in [9.17, 15) is 9.59 Å². The van der Waals surface area contributed by atoms with Crippen molar-refractivity contribution in [1.29, 1.82) is 0 Å². The molecule has 0 aliphatic carbocycles. The summed E-state index contributed by atoms with van der Waals surface area (Å²) in [6, 6.07) is 10.6. The first-order chi connectivity index (χ1) is 15.1. The minimum Gasteiger partial charge on any atom is -0.493 e. The molecule has 0 atom stereocenters. The topological polar surface area (TPSA) is 97.6 Å². The van der Waals surface area contributed by atoms with Gasteiger partial charge in [-0.1, -0.05) is 23.5 Å². The second kappa shape index (κ2) is 9.09. The van der Waals surface area contributed by atoms with Crippen molar-refractivity contribution in [3.63, 3.8) is 0 Å². The average Bonchev–Trinajstić information content (AvgIpc) is 3.35. The maximum Gasteiger partial charge on any atom is 0.326 e. The normalized spacial score (nSPS) is 12.8. The number of thiazole rings is 1. The third-order valence-electron chi connectivity index (χ3n) is 4.41. The summed E-state index contributed by atoms with van der Waals surface area (Å²) in [7, 11) is 1.52. The van der Waals surface area contributed by atoms with Crippen LogP contribution in [0, 0.1) is 0 Å². The Bertz CT molecular complexity index is 1200. The smallest absolute Gasteiger partial charge is 0.326 e. The molecule has 1 amide bonds. The largest absolute Gasteiger partial charge is 0.493 e. The highest BCUT2D eigenvalue weighted by Crippen LogP contribution is 2.37. The summed E-state index contributed by atoms with van der Waals surface area (Å²) in [4.78, 5) is 29.2. The average molecular weight is 444 g/mol. The van der Waals surface area contributed by atoms with Crippen LogP contribution in [0.1, 0.15) is 6.92 Å². The van der Waals surface area contributed by atoms with E-state index in [0.29, 0.717) is 33.3 Å². The van der Waals surface area contributed by atoms with Crippen LogP contribution in [0.3, 0.4) is 0 Å². The Hall–Kier alpha value is -3.53. The number of amides is 1. The van der Waals surface area contributed by atoms with Crippen molar-refractivity contribution in [2.45, 2.75) is 13.5 Å². The van der Waals surface area contributed by atoms with Gasteiger partial charge in [0, 0.05) is 12.1 Å². The van der Waals surface area contributed by atoms with Gasteiger partial charge in [-0.3, -0.25) is 9.59 Å². The predicted octanol–water partition coefficient (Wildman–Crippen LogP) is 2.51. The molecule has 0 radical (unpaired) electrons. The van der Waals surface area contributed by atoms with Crippen LogP contribution in [0.25, 0.3) is 10.2 Å². The number of esters is 1. The number of aromatic nitrogens is 1. The van der Waals surface area contributed by atoms with Gasteiger partial charge in [0.05, 0.1) is 23.9 Å². The van der Waals surface area contributed by atoms with E-state index in [1.807, 2.05) is 0 Å². The first-order valence-corrected chi connectivity index (χ1v) is 10.3. The summed E-state index contributed by atoms with van der Waals surface area (Å²) >= 11 is 1.26. The highest BCUT2D eigenvalue weighted by molar-refractivity contribution is 7.16. The number of rotatable bonds is 7. The Kier molecular flexibility index (Phi) is 6.08. The summed E-state index contributed by atoms with van der Waals surface area (Å²) < 4.78 is 29.1. The van der Waals surface area contributed by atoms with Gasteiger partial charge in [-0.15, -0.1) is 0 Å². The Balaban J connectivity index is 1.65. The molecule has 162 valence electrons. The standard InChI is InChI=1S/C21H20N2O7S/c1-3-27-20(25)10-23-13-8-16-17(30-12-29-16)9-18(13)31-21(23)22-19(24)11-28-15-7-5-4-6-14(15)26-2/h4-9H,3,10-12H2,1-2H3. The Morgan fingerprint density at radius 1 is 1.16 bits per heavy atom. The zero-order valence-electron chi connectivity index (χ0n) is 17.0. The van der Waals surface area contributed by atoms with Crippen LogP contribution in [0.15, 0.2) is 41.4 Å². The van der Waals surface area contributed by atoms with Crippen molar-refractivity contribution < 1.29 is 33.3 Å². The first kappa shape index (κ1) is 20.7. The summed E-state index contributed by atoms with van der Waals surface area (Å²) in [6.45, 7) is 1.76. The second-order valence-corrected chi connectivity index (χ2v) is 7.40. The fourth-order valence-electron chi connectivity index (χ4n) is 3.05. The first-order valence-electron chi connectivity index (χ1n) is 9.51. The third-order valence-corrected chi connectivity index (χ3v) is 5.45. The molecule has 0 spiro atoms. The lowest BCUT2D eigenvalue weighted by Gasteiger charge is -2.08. The number of ether oxygens (including phenoxy) is 5. The van der Waals surface area contributed by atoms with E-state index in [-0.39, 0.29) is 26.6 Å². The number of carbonyl (C=O) groups is 2. The molecule has 9 nitrogen and oxygen atoms in total. The van der Waals surface area contributed by atoms with Gasteiger partial charge in [-0.05, 0) is 19.1 Å². The van der Waals surface area contributed by atoms with Gasteiger partial charge < -0.3 is 28.3 Å². The van der Waals surface area contributed by atoms with Crippen molar-refractivity contribution >= 4 is 33.4 Å². The maximum atomic E-state index is 12.5. The molecule has 3 aromatic rings. The number of methoxy groups -OCH3 is 1. The molecule has 2 heterocycles. The summed E-state index contributed by atoms with van der Waals surface area (Å²) in [5.41, 5.74) is 0.694. The van der Waals surface area contributed by atoms with E-state index in [1.165, 1.54) is 18.4 Å². The molecule has 1 aliphatic heterocycles. The Labute approximate surface area is 181 Å². The van der Waals surface area contributed by atoms with Crippen LogP contribution >= 0.6 is 11.3 Å². The van der Waals surface area contributed by atoms with E-state index in [1.54, 1.807) is 47.9 Å². The molecular formula is C21H20N2O7S. The molecule has 10 heteroatoms. The summed E-state index contributed by atoms with van der Waals surface area (Å²) in [5, 5.41) is 0. The van der Waals surface area contributed by atoms with Gasteiger partial charge in [0.15, 0.2) is 34.4 Å². The van der Waals surface area contributed by atoms with E-state index in [2.05, 4.69) is 4.99 Å². The van der Waals surface area contributed by atoms with Crippen LogP contribution in [0.5, 0.6) is 23.0 Å². The molecule has 1 aliphatic rings. The van der Waals surface area contributed by atoms with E-state index in [4.69, 9.17) is 23.7 Å². The molecule has 1 aromatic heterocycles. The minimum atomic E-state index is -0.505. The molecule has 2 aromatic carbocycles. The predicted molar refractivity (Wildman–Crippen MR) is 112 cm³/mol. The molecule has 0 fully saturated rings. The summed E-state index contributed by atoms with van der Waals surface area (Å²) in [6.07, 6.45) is 0. The number of hydrogen-bond donors (Lipinski definition) is 0. The lowest BCUT2D eigenvalue weighted by atomic mass is 10.3. The van der Waals surface area contributed by atoms with Crippen LogP contribution in [-0.2, 0) is 20.9 Å². The Morgan fingerprint density at radius 3 is 2.65 bits per heavy atom. The van der Waals surface area contributed by atoms with Gasteiger partial charge in [0.2, 0.25) is 6.79 Å². The van der Waals surface area contributed by atoms with Gasteiger partial charge in [0.1, 0.15) is 6.54 Å². The number of nitrogens with zero attached hydrogens (tertiary/aromatic N) is 2. The van der Waals surface area contributed by atoms with Crippen LogP contribution in [0.2, 0.25) is 0 Å². The van der Waals surface area contributed by atoms with Crippen LogP contribution < -0.4 is 23.7 Å². The van der Waals surface area contributed by atoms with Crippen molar-refractivity contribution in [2.75, 3.05) is 27.1 Å². The molecule has 0 N–H and O–H groups in total. The maximum absolute atomic E-state index is 12.5. The van der Waals surface area contributed by atoms with E-state index in [0.717, 1.165) is 4.70 Å². The highest BCUT2D eigenvalue weighted by atomic mass is 32.1. The molecule has 0 saturated heterocycles. The number of benzene rings is 2. The highest BCUT2D eigenvalue weighted by Gasteiger charge is 2.19. The number of hydrogen-bond acceptors (Lipinski definition) is 8. The zero-order chi connectivity index (χ0) is 21.8. The third kappa shape index (κ3) is 4.48. The van der Waals surface area contributed by atoms with Crippen molar-refractivity contribution in [1.82, 2.24) is 4.57 Å². The van der Waals surface area contributed by atoms with Crippen LogP contribution in [0.4, 0.5) is 0 Å². The van der Waals surface area contributed by atoms with Crippen molar-refractivity contribution in [3.05, 3.63) is 41.2 Å². The van der Waals surface area contributed by atoms with Crippen LogP contribution in [-0.4, -0.2) is 43.6 Å². The van der Waals surface area contributed by atoms with Gasteiger partial charge in [-0.2, -0.15) is 4.99 Å². The second-order valence-electron chi connectivity index (χ2n) is 6.39. The minimum absolute atomic E-state index is 0.0903. The van der Waals surface area contributed by atoms with E-state index < -0.39 is 11.9 Å². The van der Waals surface area contributed by atoms with Gasteiger partial charge in [-0.25, -0.2) is 0 Å². The Morgan fingerprint density at radius 2 is 1.90 bits per heavy atom. The fourth-order valence-corrected chi connectivity index (χ4v) is 4.11. The lowest BCUT2D eigenvalue weighted by Crippen LogP contribution is -2.24. The fraction of sp³-hybridized carbons (Fsp3) is 0.286. The molecule has 0 bridgehead atoms. The van der Waals surface area contributed by atoms with Gasteiger partial charge >= 0.3 is 5.97 Å². The SMILES string of the molecule is CCOC(=O)Cn1c(=NC(=O)COc2ccccc2OC)sc2cc3c(cc21)OCO3. The van der Waals surface area contributed by atoms with Gasteiger partial charge in [0.25, 0.3) is 5.91 Å². The molecule has 4 rings (SSSR count). The quantitative estimate of drug-likeness (QED) is 0.517. The number of carbonyl (C=O) groups excluding carboxylic acids is 2. The molecular weight excluding hydrogens is 424 g/mol. The van der Waals surface area contributed by atoms with Crippen molar-refractivity contribution in [3.8, 4) is 23.0 Å². The number of fused-ring (bicyclic) bond motifs is 2.